The summed E-state index contributed by atoms with van der Waals surface area (Å²) in [4.78, 5) is 22.9. The van der Waals surface area contributed by atoms with Gasteiger partial charge >= 0.3 is 5.97 Å². The van der Waals surface area contributed by atoms with Crippen LogP contribution in [0.1, 0.15) is 26.7 Å². The van der Waals surface area contributed by atoms with Gasteiger partial charge in [0.1, 0.15) is 0 Å². The van der Waals surface area contributed by atoms with Crippen molar-refractivity contribution < 1.29 is 23.1 Å². The quantitative estimate of drug-likeness (QED) is 0.779. The molecule has 8 heteroatoms. The highest BCUT2D eigenvalue weighted by Gasteiger charge is 2.49. The van der Waals surface area contributed by atoms with Crippen LogP contribution in [0.4, 0.5) is 0 Å². The average Bonchev–Trinajstić information content (AvgIpc) is 2.70. The van der Waals surface area contributed by atoms with Crippen molar-refractivity contribution in [2.45, 2.75) is 32.2 Å². The van der Waals surface area contributed by atoms with Crippen LogP contribution >= 0.6 is 0 Å². The summed E-state index contributed by atoms with van der Waals surface area (Å²) in [5, 5.41) is 14.1. The number of hydrogen-bond donors (Lipinski definition) is 1. The molecule has 0 radical (unpaired) electrons. The van der Waals surface area contributed by atoms with Gasteiger partial charge < -0.3 is 5.11 Å². The van der Waals surface area contributed by atoms with Gasteiger partial charge in [-0.1, -0.05) is 0 Å². The topological polar surface area (TPSA) is 104 Å². The second-order valence-electron chi connectivity index (χ2n) is 5.38. The van der Waals surface area contributed by atoms with Gasteiger partial charge in [-0.3, -0.25) is 9.59 Å². The van der Waals surface area contributed by atoms with Crippen LogP contribution in [0.25, 0.3) is 0 Å². The first kappa shape index (κ1) is 14.0. The third-order valence-corrected chi connectivity index (χ3v) is 5.53. The molecule has 2 aliphatic heterocycles. The first-order valence-corrected chi connectivity index (χ1v) is 7.78. The van der Waals surface area contributed by atoms with Crippen LogP contribution in [0, 0.1) is 5.92 Å². The lowest BCUT2D eigenvalue weighted by Crippen LogP contribution is -2.47. The van der Waals surface area contributed by atoms with Crippen molar-refractivity contribution in [2.75, 3.05) is 11.5 Å². The van der Waals surface area contributed by atoms with E-state index in [9.17, 15) is 18.0 Å². The van der Waals surface area contributed by atoms with Crippen molar-refractivity contribution >= 4 is 27.4 Å². The largest absolute Gasteiger partial charge is 0.481 e. The van der Waals surface area contributed by atoms with Crippen molar-refractivity contribution in [1.82, 2.24) is 5.01 Å². The molecule has 2 heterocycles. The number of carboxylic acids is 1. The first-order chi connectivity index (χ1) is 8.65. The monoisotopic (exact) mass is 288 g/mol. The summed E-state index contributed by atoms with van der Waals surface area (Å²) < 4.78 is 23.1. The molecule has 2 rings (SSSR count). The Kier molecular flexibility index (Phi) is 3.16. The Morgan fingerprint density at radius 1 is 1.58 bits per heavy atom. The Morgan fingerprint density at radius 3 is 2.68 bits per heavy atom. The summed E-state index contributed by atoms with van der Waals surface area (Å²) in [5.41, 5.74) is -0.428. The highest BCUT2D eigenvalue weighted by atomic mass is 32.2. The van der Waals surface area contributed by atoms with Crippen LogP contribution in [0.2, 0.25) is 0 Å². The van der Waals surface area contributed by atoms with Gasteiger partial charge in [0, 0.05) is 5.71 Å². The van der Waals surface area contributed by atoms with Gasteiger partial charge in [-0.15, -0.1) is 0 Å². The van der Waals surface area contributed by atoms with Crippen LogP contribution in [-0.4, -0.2) is 53.2 Å². The fourth-order valence-corrected chi connectivity index (χ4v) is 4.67. The predicted molar refractivity (Wildman–Crippen MR) is 67.4 cm³/mol. The van der Waals surface area contributed by atoms with E-state index in [0.717, 1.165) is 0 Å². The highest BCUT2D eigenvalue weighted by Crippen LogP contribution is 2.34. The van der Waals surface area contributed by atoms with E-state index in [1.165, 1.54) is 5.01 Å². The molecule has 19 heavy (non-hydrogen) atoms. The number of carbonyl (C=O) groups is 2. The molecule has 1 amide bonds. The molecule has 1 N–H and O–H groups in total. The maximum absolute atomic E-state index is 12.2. The smallest absolute Gasteiger partial charge is 0.304 e. The van der Waals surface area contributed by atoms with Gasteiger partial charge in [0.2, 0.25) is 0 Å². The SMILES string of the molecule is CC1=NN(C2(C)CCS(=O)(=O)C2)C(=O)C1CC(=O)O. The summed E-state index contributed by atoms with van der Waals surface area (Å²) in [7, 11) is -3.15. The van der Waals surface area contributed by atoms with Crippen molar-refractivity contribution in [1.29, 1.82) is 0 Å². The zero-order chi connectivity index (χ0) is 14.4. The molecule has 0 aliphatic carbocycles. The molecule has 2 aliphatic rings. The zero-order valence-electron chi connectivity index (χ0n) is 10.8. The summed E-state index contributed by atoms with van der Waals surface area (Å²) in [6, 6.07) is 0. The summed E-state index contributed by atoms with van der Waals surface area (Å²) in [6.07, 6.45) is 0.0190. The van der Waals surface area contributed by atoms with Crippen molar-refractivity contribution in [3.63, 3.8) is 0 Å². The molecular weight excluding hydrogens is 272 g/mol. The normalized spacial score (nSPS) is 33.6. The number of nitrogens with zero attached hydrogens (tertiary/aromatic N) is 2. The maximum atomic E-state index is 12.2. The molecule has 0 aromatic carbocycles. The molecule has 0 aromatic rings. The minimum atomic E-state index is -3.15. The fourth-order valence-electron chi connectivity index (χ4n) is 2.56. The predicted octanol–water partition coefficient (Wildman–Crippen LogP) is -0.127. The third-order valence-electron chi connectivity index (χ3n) is 3.64. The van der Waals surface area contributed by atoms with E-state index in [0.29, 0.717) is 12.1 Å². The Bertz CT molecular complexity index is 568. The number of carbonyl (C=O) groups excluding carboxylic acids is 1. The summed E-state index contributed by atoms with van der Waals surface area (Å²) in [5.74, 6) is -2.36. The first-order valence-electron chi connectivity index (χ1n) is 5.96. The maximum Gasteiger partial charge on any atom is 0.304 e. The van der Waals surface area contributed by atoms with Crippen LogP contribution in [-0.2, 0) is 19.4 Å². The van der Waals surface area contributed by atoms with Gasteiger partial charge in [0.25, 0.3) is 5.91 Å². The van der Waals surface area contributed by atoms with E-state index in [1.807, 2.05) is 0 Å². The van der Waals surface area contributed by atoms with E-state index in [2.05, 4.69) is 5.10 Å². The molecule has 1 saturated heterocycles. The average molecular weight is 288 g/mol. The lowest BCUT2D eigenvalue weighted by molar-refractivity contribution is -0.143. The van der Waals surface area contributed by atoms with E-state index in [1.54, 1.807) is 13.8 Å². The van der Waals surface area contributed by atoms with E-state index >= 15 is 0 Å². The molecule has 0 spiro atoms. The van der Waals surface area contributed by atoms with Crippen molar-refractivity contribution in [3.8, 4) is 0 Å². The molecular formula is C11H16N2O5S. The Balaban J connectivity index is 2.24. The number of amides is 1. The van der Waals surface area contributed by atoms with Gasteiger partial charge in [-0.05, 0) is 20.3 Å². The minimum Gasteiger partial charge on any atom is -0.481 e. The Morgan fingerprint density at radius 2 is 2.21 bits per heavy atom. The van der Waals surface area contributed by atoms with Crippen molar-refractivity contribution in [3.05, 3.63) is 0 Å². The Labute approximate surface area is 111 Å². The fraction of sp³-hybridized carbons (Fsp3) is 0.727. The Hall–Kier alpha value is -1.44. The summed E-state index contributed by atoms with van der Waals surface area (Å²) >= 11 is 0. The molecule has 2 unspecified atom stereocenters. The number of aliphatic carboxylic acids is 1. The molecule has 106 valence electrons. The van der Waals surface area contributed by atoms with Gasteiger partial charge in [0.15, 0.2) is 9.84 Å². The molecule has 0 saturated carbocycles. The van der Waals surface area contributed by atoms with E-state index in [4.69, 9.17) is 5.11 Å². The number of hydrogen-bond acceptors (Lipinski definition) is 5. The second kappa shape index (κ2) is 4.29. The lowest BCUT2D eigenvalue weighted by atomic mass is 9.97. The van der Waals surface area contributed by atoms with Gasteiger partial charge in [0.05, 0.1) is 29.4 Å². The number of hydrazone groups is 1. The van der Waals surface area contributed by atoms with E-state index in [-0.39, 0.29) is 17.9 Å². The van der Waals surface area contributed by atoms with Crippen LogP contribution in [0.5, 0.6) is 0 Å². The second-order valence-corrected chi connectivity index (χ2v) is 7.56. The molecule has 7 nitrogen and oxygen atoms in total. The summed E-state index contributed by atoms with van der Waals surface area (Å²) in [6.45, 7) is 3.27. The molecule has 1 fully saturated rings. The number of carboxylic acid groups (broad SMARTS) is 1. The molecule has 0 aromatic heterocycles. The van der Waals surface area contributed by atoms with Crippen LogP contribution in [0.15, 0.2) is 5.10 Å². The molecule has 0 bridgehead atoms. The van der Waals surface area contributed by atoms with Crippen LogP contribution in [0.3, 0.4) is 0 Å². The van der Waals surface area contributed by atoms with Gasteiger partial charge in [-0.25, -0.2) is 13.4 Å². The van der Waals surface area contributed by atoms with Crippen LogP contribution < -0.4 is 0 Å². The minimum absolute atomic E-state index is 0.0332. The third kappa shape index (κ3) is 2.49. The highest BCUT2D eigenvalue weighted by molar-refractivity contribution is 7.91. The lowest BCUT2D eigenvalue weighted by Gasteiger charge is -2.31. The number of sulfone groups is 1. The van der Waals surface area contributed by atoms with Crippen molar-refractivity contribution in [2.24, 2.45) is 11.0 Å². The van der Waals surface area contributed by atoms with Gasteiger partial charge in [-0.2, -0.15) is 5.10 Å². The standard InChI is InChI=1S/C11H16N2O5S/c1-7-8(5-9(14)15)10(16)13(12-7)11(2)3-4-19(17,18)6-11/h8H,3-6H2,1-2H3,(H,14,15). The number of rotatable bonds is 3. The molecule has 2 atom stereocenters. The zero-order valence-corrected chi connectivity index (χ0v) is 11.6. The van der Waals surface area contributed by atoms with E-state index < -0.39 is 33.2 Å².